The fourth-order valence-electron chi connectivity index (χ4n) is 2.54. The maximum atomic E-state index is 5.50. The van der Waals surface area contributed by atoms with E-state index in [9.17, 15) is 0 Å². The summed E-state index contributed by atoms with van der Waals surface area (Å²) in [5.41, 5.74) is 4.20. The molecule has 2 aromatic rings. The van der Waals surface area contributed by atoms with Gasteiger partial charge in [-0.1, -0.05) is 6.92 Å². The van der Waals surface area contributed by atoms with Gasteiger partial charge in [0.15, 0.2) is 5.82 Å². The van der Waals surface area contributed by atoms with E-state index in [0.717, 1.165) is 53.6 Å². The van der Waals surface area contributed by atoms with E-state index in [1.165, 1.54) is 0 Å². The average Bonchev–Trinajstić information content (AvgIpc) is 2.87. The lowest BCUT2D eigenvalue weighted by Gasteiger charge is -2.19. The van der Waals surface area contributed by atoms with Gasteiger partial charge in [0.05, 0.1) is 30.2 Å². The zero-order chi connectivity index (χ0) is 14.1. The minimum Gasteiger partial charge on any atom is -0.376 e. The molecule has 0 unspecified atom stereocenters. The molecule has 1 N–H and O–H groups in total. The summed E-state index contributed by atoms with van der Waals surface area (Å²) in [6.07, 6.45) is 3.69. The van der Waals surface area contributed by atoms with Gasteiger partial charge in [-0.25, -0.2) is 9.97 Å². The molecule has 0 aromatic carbocycles. The maximum Gasteiger partial charge on any atom is 0.165 e. The van der Waals surface area contributed by atoms with Gasteiger partial charge < -0.3 is 10.1 Å². The van der Waals surface area contributed by atoms with Gasteiger partial charge >= 0.3 is 0 Å². The van der Waals surface area contributed by atoms with E-state index in [2.05, 4.69) is 22.3 Å². The third kappa shape index (κ3) is 2.16. The quantitative estimate of drug-likeness (QED) is 0.919. The van der Waals surface area contributed by atoms with Crippen LogP contribution in [0.5, 0.6) is 0 Å². The van der Waals surface area contributed by atoms with Gasteiger partial charge in [-0.3, -0.25) is 4.68 Å². The number of ether oxygens (including phenoxy) is 1. The average molecular weight is 273 g/mol. The van der Waals surface area contributed by atoms with Crippen LogP contribution < -0.4 is 5.32 Å². The molecular formula is C14H19N5O. The maximum absolute atomic E-state index is 5.50. The van der Waals surface area contributed by atoms with E-state index in [4.69, 9.17) is 9.72 Å². The van der Waals surface area contributed by atoms with Gasteiger partial charge in [-0.05, 0) is 6.42 Å². The summed E-state index contributed by atoms with van der Waals surface area (Å²) in [7, 11) is 3.80. The summed E-state index contributed by atoms with van der Waals surface area (Å²) in [6, 6.07) is 0. The third-order valence-electron chi connectivity index (χ3n) is 3.54. The van der Waals surface area contributed by atoms with Crippen LogP contribution in [0.1, 0.15) is 23.9 Å². The largest absolute Gasteiger partial charge is 0.376 e. The minimum absolute atomic E-state index is 0.583. The van der Waals surface area contributed by atoms with E-state index < -0.39 is 0 Å². The predicted molar refractivity (Wildman–Crippen MR) is 76.5 cm³/mol. The first kappa shape index (κ1) is 13.1. The molecule has 6 nitrogen and oxygen atoms in total. The molecular weight excluding hydrogens is 254 g/mol. The van der Waals surface area contributed by atoms with Crippen molar-refractivity contribution in [3.63, 3.8) is 0 Å². The molecule has 0 radical (unpaired) electrons. The van der Waals surface area contributed by atoms with E-state index in [1.54, 1.807) is 0 Å². The minimum atomic E-state index is 0.583. The highest BCUT2D eigenvalue weighted by Crippen LogP contribution is 2.27. The van der Waals surface area contributed by atoms with E-state index in [0.29, 0.717) is 6.61 Å². The molecule has 3 rings (SSSR count). The lowest BCUT2D eigenvalue weighted by Crippen LogP contribution is -2.16. The lowest BCUT2D eigenvalue weighted by atomic mass is 10.1. The van der Waals surface area contributed by atoms with Gasteiger partial charge in [-0.2, -0.15) is 5.10 Å². The number of fused-ring (bicyclic) bond motifs is 1. The van der Waals surface area contributed by atoms with Crippen molar-refractivity contribution in [2.75, 3.05) is 19.0 Å². The van der Waals surface area contributed by atoms with E-state index in [-0.39, 0.29) is 0 Å². The second-order valence-electron chi connectivity index (χ2n) is 4.89. The number of hydrogen-bond donors (Lipinski definition) is 1. The Bertz CT molecular complexity index is 617. The summed E-state index contributed by atoms with van der Waals surface area (Å²) >= 11 is 0. The lowest BCUT2D eigenvalue weighted by molar-refractivity contribution is 0.109. The molecule has 0 aliphatic carbocycles. The smallest absolute Gasteiger partial charge is 0.165 e. The van der Waals surface area contributed by atoms with Crippen LogP contribution in [0.15, 0.2) is 6.20 Å². The Labute approximate surface area is 118 Å². The fourth-order valence-corrected chi connectivity index (χ4v) is 2.54. The van der Waals surface area contributed by atoms with Crippen LogP contribution in [0, 0.1) is 0 Å². The normalized spacial score (nSPS) is 14.2. The van der Waals surface area contributed by atoms with Crippen LogP contribution in [-0.2, 0) is 31.2 Å². The Hall–Kier alpha value is -1.95. The summed E-state index contributed by atoms with van der Waals surface area (Å²) in [4.78, 5) is 9.37. The molecule has 0 saturated carbocycles. The second-order valence-corrected chi connectivity index (χ2v) is 4.89. The molecule has 1 aliphatic heterocycles. The Morgan fingerprint density at radius 1 is 1.40 bits per heavy atom. The van der Waals surface area contributed by atoms with Crippen molar-refractivity contribution in [3.8, 4) is 11.4 Å². The van der Waals surface area contributed by atoms with Crippen molar-refractivity contribution in [1.82, 2.24) is 19.7 Å². The van der Waals surface area contributed by atoms with Gasteiger partial charge in [0.1, 0.15) is 5.82 Å². The first-order valence-corrected chi connectivity index (χ1v) is 6.91. The Morgan fingerprint density at radius 3 is 3.00 bits per heavy atom. The number of aryl methyl sites for hydroxylation is 2. The molecule has 2 aromatic heterocycles. The van der Waals surface area contributed by atoms with Crippen molar-refractivity contribution in [1.29, 1.82) is 0 Å². The van der Waals surface area contributed by atoms with Gasteiger partial charge in [0.25, 0.3) is 0 Å². The highest BCUT2D eigenvalue weighted by atomic mass is 16.5. The van der Waals surface area contributed by atoms with Crippen molar-refractivity contribution in [2.45, 2.75) is 26.4 Å². The van der Waals surface area contributed by atoms with Crippen molar-refractivity contribution < 1.29 is 4.74 Å². The molecule has 106 valence electrons. The molecule has 0 spiro atoms. The van der Waals surface area contributed by atoms with Crippen molar-refractivity contribution >= 4 is 5.82 Å². The Balaban J connectivity index is 2.14. The molecule has 0 fully saturated rings. The van der Waals surface area contributed by atoms with Gasteiger partial charge in [0.2, 0.25) is 0 Å². The zero-order valence-electron chi connectivity index (χ0n) is 12.1. The number of anilines is 1. The van der Waals surface area contributed by atoms with Crippen molar-refractivity contribution in [2.24, 2.45) is 7.05 Å². The fraction of sp³-hybridized carbons (Fsp3) is 0.500. The van der Waals surface area contributed by atoms with E-state index >= 15 is 0 Å². The predicted octanol–water partition coefficient (Wildman–Crippen LogP) is 1.55. The number of rotatable bonds is 3. The monoisotopic (exact) mass is 273 g/mol. The Kier molecular flexibility index (Phi) is 3.40. The summed E-state index contributed by atoms with van der Waals surface area (Å²) in [5.74, 6) is 1.61. The molecule has 0 amide bonds. The third-order valence-corrected chi connectivity index (χ3v) is 3.54. The molecule has 20 heavy (non-hydrogen) atoms. The summed E-state index contributed by atoms with van der Waals surface area (Å²) in [6.45, 7) is 3.40. The van der Waals surface area contributed by atoms with Crippen molar-refractivity contribution in [3.05, 3.63) is 23.1 Å². The molecule has 0 bridgehead atoms. The van der Waals surface area contributed by atoms with Crippen LogP contribution in [0.2, 0.25) is 0 Å². The number of nitrogens with zero attached hydrogens (tertiary/aromatic N) is 4. The zero-order valence-corrected chi connectivity index (χ0v) is 12.1. The number of aromatic nitrogens is 4. The van der Waals surface area contributed by atoms with Crippen LogP contribution in [0.3, 0.4) is 0 Å². The molecule has 0 saturated heterocycles. The molecule has 6 heteroatoms. The first-order valence-electron chi connectivity index (χ1n) is 6.91. The summed E-state index contributed by atoms with van der Waals surface area (Å²) < 4.78 is 7.32. The topological polar surface area (TPSA) is 64.9 Å². The van der Waals surface area contributed by atoms with Crippen LogP contribution >= 0.6 is 0 Å². The Morgan fingerprint density at radius 2 is 2.25 bits per heavy atom. The number of hydrogen-bond acceptors (Lipinski definition) is 5. The van der Waals surface area contributed by atoms with Crippen LogP contribution in [-0.4, -0.2) is 33.4 Å². The molecule has 1 aliphatic rings. The standard InChI is InChI=1S/C14H19N5O/c1-4-11-9(7-19(3)18-11)14-16-12-5-6-20-8-10(12)13(15-2)17-14/h7H,4-6,8H2,1-3H3,(H,15,16,17). The van der Waals surface area contributed by atoms with Crippen LogP contribution in [0.4, 0.5) is 5.82 Å². The summed E-state index contributed by atoms with van der Waals surface area (Å²) in [5, 5.41) is 7.62. The van der Waals surface area contributed by atoms with E-state index in [1.807, 2.05) is 25.0 Å². The SMILES string of the molecule is CCc1nn(C)cc1-c1nc2c(c(NC)n1)COCC2. The van der Waals surface area contributed by atoms with Gasteiger partial charge in [-0.15, -0.1) is 0 Å². The highest BCUT2D eigenvalue weighted by Gasteiger charge is 2.20. The molecule has 3 heterocycles. The van der Waals surface area contributed by atoms with Crippen LogP contribution in [0.25, 0.3) is 11.4 Å². The van der Waals surface area contributed by atoms with Gasteiger partial charge in [0, 0.05) is 32.3 Å². The highest BCUT2D eigenvalue weighted by molar-refractivity contribution is 5.61. The first-order chi connectivity index (χ1) is 9.72. The second kappa shape index (κ2) is 5.20. The number of nitrogens with one attached hydrogen (secondary N) is 1. The molecule has 0 atom stereocenters.